The summed E-state index contributed by atoms with van der Waals surface area (Å²) in [7, 11) is 0. The van der Waals surface area contributed by atoms with E-state index in [2.05, 4.69) is 19.9 Å². The lowest BCUT2D eigenvalue weighted by molar-refractivity contribution is -0.226. The molecule has 0 spiro atoms. The van der Waals surface area contributed by atoms with Gasteiger partial charge in [0.05, 0.1) is 13.2 Å². The summed E-state index contributed by atoms with van der Waals surface area (Å²) in [5.41, 5.74) is 8.81. The van der Waals surface area contributed by atoms with Crippen molar-refractivity contribution in [1.82, 2.24) is 0 Å². The summed E-state index contributed by atoms with van der Waals surface area (Å²) in [4.78, 5) is 0. The highest BCUT2D eigenvalue weighted by Gasteiger charge is 2.29. The fourth-order valence-electron chi connectivity index (χ4n) is 1.86. The average molecular weight is 221 g/mol. The zero-order chi connectivity index (χ0) is 11.8. The molecule has 1 heterocycles. The Balaban J connectivity index is 2.14. The molecule has 0 amide bonds. The van der Waals surface area contributed by atoms with E-state index in [1.807, 2.05) is 19.1 Å². The minimum Gasteiger partial charge on any atom is -0.399 e. The van der Waals surface area contributed by atoms with Gasteiger partial charge in [-0.15, -0.1) is 0 Å². The topological polar surface area (TPSA) is 44.5 Å². The zero-order valence-corrected chi connectivity index (χ0v) is 10.1. The summed E-state index contributed by atoms with van der Waals surface area (Å²) in [6, 6.07) is 5.91. The molecule has 1 aromatic carbocycles. The van der Waals surface area contributed by atoms with Crippen molar-refractivity contribution in [3.8, 4) is 0 Å². The molecule has 2 N–H and O–H groups in total. The van der Waals surface area contributed by atoms with Crippen LogP contribution in [0.25, 0.3) is 0 Å². The van der Waals surface area contributed by atoms with Gasteiger partial charge in [0, 0.05) is 16.7 Å². The molecule has 0 unspecified atom stereocenters. The lowest BCUT2D eigenvalue weighted by Gasteiger charge is -2.34. The molecule has 0 radical (unpaired) electrons. The van der Waals surface area contributed by atoms with E-state index in [1.54, 1.807) is 0 Å². The lowest BCUT2D eigenvalue weighted by atomic mass is 9.95. The van der Waals surface area contributed by atoms with Crippen molar-refractivity contribution in [2.24, 2.45) is 5.41 Å². The van der Waals surface area contributed by atoms with E-state index in [-0.39, 0.29) is 11.7 Å². The maximum Gasteiger partial charge on any atom is 0.183 e. The molecule has 1 fully saturated rings. The number of nitrogens with two attached hydrogens (primary N) is 1. The van der Waals surface area contributed by atoms with Crippen molar-refractivity contribution in [2.75, 3.05) is 18.9 Å². The monoisotopic (exact) mass is 221 g/mol. The zero-order valence-electron chi connectivity index (χ0n) is 10.1. The van der Waals surface area contributed by atoms with Gasteiger partial charge >= 0.3 is 0 Å². The van der Waals surface area contributed by atoms with Crippen molar-refractivity contribution in [3.05, 3.63) is 29.3 Å². The van der Waals surface area contributed by atoms with Crippen LogP contribution in [0.4, 0.5) is 5.69 Å². The van der Waals surface area contributed by atoms with E-state index in [0.29, 0.717) is 13.2 Å². The molecule has 3 heteroatoms. The first kappa shape index (κ1) is 11.4. The third kappa shape index (κ3) is 2.54. The number of hydrogen-bond donors (Lipinski definition) is 1. The fraction of sp³-hybridized carbons (Fsp3) is 0.538. The minimum absolute atomic E-state index is 0.103. The van der Waals surface area contributed by atoms with Crippen LogP contribution in [0.3, 0.4) is 0 Å². The molecule has 0 atom stereocenters. The Morgan fingerprint density at radius 2 is 1.81 bits per heavy atom. The fourth-order valence-corrected chi connectivity index (χ4v) is 1.86. The van der Waals surface area contributed by atoms with Gasteiger partial charge in [-0.05, 0) is 24.6 Å². The van der Waals surface area contributed by atoms with Crippen LogP contribution >= 0.6 is 0 Å². The number of benzene rings is 1. The number of nitrogen functional groups attached to an aromatic ring is 1. The number of rotatable bonds is 1. The van der Waals surface area contributed by atoms with E-state index in [9.17, 15) is 0 Å². The molecule has 0 saturated carbocycles. The normalized spacial score (nSPS) is 20.9. The highest BCUT2D eigenvalue weighted by atomic mass is 16.7. The molecule has 1 aromatic rings. The van der Waals surface area contributed by atoms with E-state index in [0.717, 1.165) is 16.8 Å². The number of anilines is 1. The van der Waals surface area contributed by atoms with Gasteiger partial charge in [-0.25, -0.2) is 0 Å². The Bertz CT molecular complexity index is 357. The maximum absolute atomic E-state index is 5.81. The Labute approximate surface area is 96.5 Å². The van der Waals surface area contributed by atoms with Crippen molar-refractivity contribution >= 4 is 5.69 Å². The maximum atomic E-state index is 5.81. The molecule has 0 bridgehead atoms. The molecular formula is C13H19NO2. The van der Waals surface area contributed by atoms with Crippen LogP contribution in [-0.4, -0.2) is 13.2 Å². The largest absolute Gasteiger partial charge is 0.399 e. The molecular weight excluding hydrogens is 202 g/mol. The summed E-state index contributed by atoms with van der Waals surface area (Å²) < 4.78 is 11.4. The van der Waals surface area contributed by atoms with Crippen LogP contribution in [0.2, 0.25) is 0 Å². The second-order valence-corrected chi connectivity index (χ2v) is 5.30. The van der Waals surface area contributed by atoms with E-state index >= 15 is 0 Å². The highest BCUT2D eigenvalue weighted by molar-refractivity contribution is 5.44. The van der Waals surface area contributed by atoms with Crippen LogP contribution < -0.4 is 5.73 Å². The third-order valence-electron chi connectivity index (χ3n) is 2.65. The molecule has 3 nitrogen and oxygen atoms in total. The summed E-state index contributed by atoms with van der Waals surface area (Å²) in [5, 5.41) is 0. The Morgan fingerprint density at radius 1 is 1.19 bits per heavy atom. The van der Waals surface area contributed by atoms with Gasteiger partial charge in [-0.1, -0.05) is 19.9 Å². The third-order valence-corrected chi connectivity index (χ3v) is 2.65. The second kappa shape index (κ2) is 4.07. The van der Waals surface area contributed by atoms with Crippen LogP contribution in [0.15, 0.2) is 18.2 Å². The summed E-state index contributed by atoms with van der Waals surface area (Å²) in [5.74, 6) is 0. The Morgan fingerprint density at radius 3 is 2.38 bits per heavy atom. The first-order valence-electron chi connectivity index (χ1n) is 5.57. The van der Waals surface area contributed by atoms with Crippen LogP contribution in [-0.2, 0) is 9.47 Å². The highest BCUT2D eigenvalue weighted by Crippen LogP contribution is 2.31. The molecule has 88 valence electrons. The smallest absolute Gasteiger partial charge is 0.183 e. The van der Waals surface area contributed by atoms with Gasteiger partial charge in [-0.3, -0.25) is 0 Å². The Kier molecular flexibility index (Phi) is 2.91. The molecule has 16 heavy (non-hydrogen) atoms. The minimum atomic E-state index is -0.268. The quantitative estimate of drug-likeness (QED) is 0.741. The first-order chi connectivity index (χ1) is 7.46. The van der Waals surface area contributed by atoms with Crippen molar-refractivity contribution in [1.29, 1.82) is 0 Å². The average Bonchev–Trinajstić information content (AvgIpc) is 2.15. The van der Waals surface area contributed by atoms with E-state index in [4.69, 9.17) is 15.2 Å². The van der Waals surface area contributed by atoms with Crippen LogP contribution in [0, 0.1) is 12.3 Å². The van der Waals surface area contributed by atoms with Gasteiger partial charge in [0.1, 0.15) is 0 Å². The molecule has 0 aromatic heterocycles. The molecule has 1 aliphatic rings. The van der Waals surface area contributed by atoms with Crippen LogP contribution in [0.5, 0.6) is 0 Å². The molecule has 0 aliphatic carbocycles. The second-order valence-electron chi connectivity index (χ2n) is 5.30. The van der Waals surface area contributed by atoms with E-state index in [1.165, 1.54) is 0 Å². The predicted octanol–water partition coefficient (Wildman–Crippen LogP) is 2.65. The molecule has 2 rings (SSSR count). The summed E-state index contributed by atoms with van der Waals surface area (Å²) >= 11 is 0. The summed E-state index contributed by atoms with van der Waals surface area (Å²) in [6.45, 7) is 7.71. The molecule has 1 saturated heterocycles. The number of hydrogen-bond acceptors (Lipinski definition) is 3. The SMILES string of the molecule is Cc1cc(N)cc(C2OCC(C)(C)CO2)c1. The van der Waals surface area contributed by atoms with Crippen molar-refractivity contribution in [3.63, 3.8) is 0 Å². The van der Waals surface area contributed by atoms with E-state index < -0.39 is 0 Å². The first-order valence-corrected chi connectivity index (χ1v) is 5.57. The van der Waals surface area contributed by atoms with Gasteiger partial charge in [0.25, 0.3) is 0 Å². The molecule has 1 aliphatic heterocycles. The van der Waals surface area contributed by atoms with Gasteiger partial charge in [0.2, 0.25) is 0 Å². The van der Waals surface area contributed by atoms with Gasteiger partial charge < -0.3 is 15.2 Å². The van der Waals surface area contributed by atoms with Crippen molar-refractivity contribution in [2.45, 2.75) is 27.1 Å². The van der Waals surface area contributed by atoms with Gasteiger partial charge in [-0.2, -0.15) is 0 Å². The van der Waals surface area contributed by atoms with Crippen molar-refractivity contribution < 1.29 is 9.47 Å². The lowest BCUT2D eigenvalue weighted by Crippen LogP contribution is -2.33. The Hall–Kier alpha value is -1.06. The number of ether oxygens (including phenoxy) is 2. The predicted molar refractivity (Wildman–Crippen MR) is 64.0 cm³/mol. The van der Waals surface area contributed by atoms with Crippen LogP contribution in [0.1, 0.15) is 31.3 Å². The summed E-state index contributed by atoms with van der Waals surface area (Å²) in [6.07, 6.45) is -0.268. The standard InChI is InChI=1S/C13H19NO2/c1-9-4-10(6-11(14)5-9)12-15-7-13(2,3)8-16-12/h4-6,12H,7-8,14H2,1-3H3. The number of aryl methyl sites for hydroxylation is 1. The van der Waals surface area contributed by atoms with Gasteiger partial charge in [0.15, 0.2) is 6.29 Å².